The molecule has 2 aliphatic rings. The average molecular weight is 322 g/mol. The summed E-state index contributed by atoms with van der Waals surface area (Å²) in [5, 5.41) is 0. The number of carbonyl (C=O) groups is 1. The molecule has 1 aromatic rings. The van der Waals surface area contributed by atoms with Gasteiger partial charge in [0.05, 0.1) is 0 Å². The second kappa shape index (κ2) is 6.56. The van der Waals surface area contributed by atoms with Crippen LogP contribution in [0.3, 0.4) is 0 Å². The molecular formula is C18H24F2N2O. The summed E-state index contributed by atoms with van der Waals surface area (Å²) in [7, 11) is 0. The molecule has 0 aromatic heterocycles. The van der Waals surface area contributed by atoms with E-state index in [0.29, 0.717) is 12.3 Å². The van der Waals surface area contributed by atoms with Gasteiger partial charge in [-0.2, -0.15) is 0 Å². The van der Waals surface area contributed by atoms with Gasteiger partial charge in [0.25, 0.3) is 0 Å². The van der Waals surface area contributed by atoms with Crippen LogP contribution >= 0.6 is 0 Å². The molecule has 3 rings (SSSR count). The Morgan fingerprint density at radius 1 is 1.26 bits per heavy atom. The van der Waals surface area contributed by atoms with Gasteiger partial charge in [-0.25, -0.2) is 8.78 Å². The average Bonchev–Trinajstić information content (AvgIpc) is 3.02. The molecule has 0 radical (unpaired) electrons. The Hall–Kier alpha value is -1.49. The summed E-state index contributed by atoms with van der Waals surface area (Å²) >= 11 is 0. The summed E-state index contributed by atoms with van der Waals surface area (Å²) < 4.78 is 27.3. The number of likely N-dealkylation sites (tertiary alicyclic amines) is 2. The fraction of sp³-hybridized carbons (Fsp3) is 0.611. The van der Waals surface area contributed by atoms with Crippen molar-refractivity contribution in [3.8, 4) is 0 Å². The maximum absolute atomic E-state index is 13.9. The predicted molar refractivity (Wildman–Crippen MR) is 84.7 cm³/mol. The fourth-order valence-electron chi connectivity index (χ4n) is 3.77. The van der Waals surface area contributed by atoms with E-state index in [1.807, 2.05) is 0 Å². The van der Waals surface area contributed by atoms with Crippen LogP contribution in [0.4, 0.5) is 8.78 Å². The second-order valence-electron chi connectivity index (χ2n) is 7.08. The van der Waals surface area contributed by atoms with Crippen LogP contribution in [-0.2, 0) is 11.3 Å². The summed E-state index contributed by atoms with van der Waals surface area (Å²) in [5.41, 5.74) is 0.264. The maximum Gasteiger partial charge on any atom is 0.224 e. The lowest BCUT2D eigenvalue weighted by Gasteiger charge is -2.26. The van der Waals surface area contributed by atoms with Gasteiger partial charge >= 0.3 is 0 Å². The van der Waals surface area contributed by atoms with E-state index in [1.165, 1.54) is 6.07 Å². The summed E-state index contributed by atoms with van der Waals surface area (Å²) in [6, 6.07) is 4.53. The van der Waals surface area contributed by atoms with Crippen LogP contribution in [0.5, 0.6) is 0 Å². The van der Waals surface area contributed by atoms with E-state index < -0.39 is 11.6 Å². The number of halogens is 2. The zero-order valence-corrected chi connectivity index (χ0v) is 13.8. The molecule has 5 heteroatoms. The standard InChI is InChI=1S/C18H24F2N2O/c1-12(2)6-8-21-9-7-15-16(21)10-17(23)22(15)11-13-4-3-5-14(19)18(13)20/h3-5,12,15-16H,6-11H2,1-2H3/t15-,16-/m0/s1. The molecule has 23 heavy (non-hydrogen) atoms. The zero-order valence-electron chi connectivity index (χ0n) is 13.8. The minimum absolute atomic E-state index is 0.0536. The Bertz CT molecular complexity index is 590. The first-order valence-electron chi connectivity index (χ1n) is 8.43. The summed E-state index contributed by atoms with van der Waals surface area (Å²) in [5.74, 6) is -0.990. The first-order valence-corrected chi connectivity index (χ1v) is 8.43. The molecule has 0 N–H and O–H groups in total. The van der Waals surface area contributed by atoms with Crippen LogP contribution < -0.4 is 0 Å². The number of hydrogen-bond acceptors (Lipinski definition) is 2. The van der Waals surface area contributed by atoms with Gasteiger partial charge in [-0.15, -0.1) is 0 Å². The van der Waals surface area contributed by atoms with Gasteiger partial charge in [0.15, 0.2) is 11.6 Å². The summed E-state index contributed by atoms with van der Waals surface area (Å²) in [4.78, 5) is 16.5. The van der Waals surface area contributed by atoms with Gasteiger partial charge in [0.2, 0.25) is 5.91 Å². The van der Waals surface area contributed by atoms with Crippen LogP contribution in [0, 0.1) is 17.6 Å². The van der Waals surface area contributed by atoms with Gasteiger partial charge in [-0.3, -0.25) is 9.69 Å². The molecule has 2 heterocycles. The van der Waals surface area contributed by atoms with Crippen LogP contribution in [0.15, 0.2) is 18.2 Å². The number of hydrogen-bond donors (Lipinski definition) is 0. The van der Waals surface area contributed by atoms with Gasteiger partial charge in [0, 0.05) is 37.2 Å². The molecule has 2 atom stereocenters. The number of carbonyl (C=O) groups excluding carboxylic acids is 1. The SMILES string of the molecule is CC(C)CCN1CC[C@H]2[C@@H]1CC(=O)N2Cc1cccc(F)c1F. The summed E-state index contributed by atoms with van der Waals surface area (Å²) in [6.07, 6.45) is 2.54. The monoisotopic (exact) mass is 322 g/mol. The first-order chi connectivity index (χ1) is 11.0. The molecule has 2 fully saturated rings. The van der Waals surface area contributed by atoms with Crippen molar-refractivity contribution < 1.29 is 13.6 Å². The van der Waals surface area contributed by atoms with E-state index >= 15 is 0 Å². The van der Waals surface area contributed by atoms with E-state index in [0.717, 1.165) is 32.0 Å². The number of rotatable bonds is 5. The highest BCUT2D eigenvalue weighted by atomic mass is 19.2. The van der Waals surface area contributed by atoms with E-state index in [9.17, 15) is 13.6 Å². The third-order valence-electron chi connectivity index (χ3n) is 5.10. The normalized spacial score (nSPS) is 24.7. The predicted octanol–water partition coefficient (Wildman–Crippen LogP) is 3.19. The third-order valence-corrected chi connectivity index (χ3v) is 5.10. The third kappa shape index (κ3) is 3.25. The zero-order chi connectivity index (χ0) is 16.6. The Kier molecular flexibility index (Phi) is 4.67. The smallest absolute Gasteiger partial charge is 0.224 e. The topological polar surface area (TPSA) is 23.6 Å². The van der Waals surface area contributed by atoms with Crippen molar-refractivity contribution in [3.05, 3.63) is 35.4 Å². The van der Waals surface area contributed by atoms with Crippen molar-refractivity contribution in [1.82, 2.24) is 9.80 Å². The Morgan fingerprint density at radius 3 is 2.78 bits per heavy atom. The molecule has 0 aliphatic carbocycles. The lowest BCUT2D eigenvalue weighted by atomic mass is 10.1. The van der Waals surface area contributed by atoms with E-state index in [4.69, 9.17) is 0 Å². The van der Waals surface area contributed by atoms with Gasteiger partial charge in [-0.1, -0.05) is 26.0 Å². The minimum Gasteiger partial charge on any atom is -0.334 e. The number of amides is 1. The van der Waals surface area contributed by atoms with Crippen molar-refractivity contribution in [3.63, 3.8) is 0 Å². The van der Waals surface area contributed by atoms with Gasteiger partial charge in [-0.05, 0) is 31.4 Å². The molecule has 0 bridgehead atoms. The van der Waals surface area contributed by atoms with Gasteiger partial charge in [0.1, 0.15) is 0 Å². The molecule has 0 spiro atoms. The quantitative estimate of drug-likeness (QED) is 0.831. The molecule has 0 unspecified atom stereocenters. The minimum atomic E-state index is -0.851. The van der Waals surface area contributed by atoms with E-state index in [-0.39, 0.29) is 30.1 Å². The largest absolute Gasteiger partial charge is 0.334 e. The lowest BCUT2D eigenvalue weighted by Crippen LogP contribution is -2.37. The Morgan fingerprint density at radius 2 is 2.04 bits per heavy atom. The van der Waals surface area contributed by atoms with Crippen LogP contribution in [0.2, 0.25) is 0 Å². The summed E-state index contributed by atoms with van der Waals surface area (Å²) in [6.45, 7) is 6.56. The van der Waals surface area contributed by atoms with Crippen LogP contribution in [-0.4, -0.2) is 40.9 Å². The second-order valence-corrected chi connectivity index (χ2v) is 7.08. The van der Waals surface area contributed by atoms with Crippen molar-refractivity contribution in [2.24, 2.45) is 5.92 Å². The van der Waals surface area contributed by atoms with Crippen LogP contribution in [0.25, 0.3) is 0 Å². The molecule has 3 nitrogen and oxygen atoms in total. The molecule has 2 aliphatic heterocycles. The van der Waals surface area contributed by atoms with Crippen molar-refractivity contribution in [1.29, 1.82) is 0 Å². The Labute approximate surface area is 136 Å². The number of fused-ring (bicyclic) bond motifs is 1. The lowest BCUT2D eigenvalue weighted by molar-refractivity contribution is -0.129. The molecular weight excluding hydrogens is 298 g/mol. The number of nitrogens with zero attached hydrogens (tertiary/aromatic N) is 2. The van der Waals surface area contributed by atoms with Gasteiger partial charge < -0.3 is 4.90 Å². The molecule has 1 amide bonds. The number of benzene rings is 1. The highest BCUT2D eigenvalue weighted by Gasteiger charge is 2.46. The Balaban J connectivity index is 1.70. The van der Waals surface area contributed by atoms with Crippen LogP contribution in [0.1, 0.15) is 38.7 Å². The molecule has 2 saturated heterocycles. The van der Waals surface area contributed by atoms with Crippen molar-refractivity contribution >= 4 is 5.91 Å². The fourth-order valence-corrected chi connectivity index (χ4v) is 3.77. The van der Waals surface area contributed by atoms with E-state index in [1.54, 1.807) is 11.0 Å². The highest BCUT2D eigenvalue weighted by Crippen LogP contribution is 2.34. The van der Waals surface area contributed by atoms with Crippen molar-refractivity contribution in [2.45, 2.75) is 51.7 Å². The first kappa shape index (κ1) is 16.4. The van der Waals surface area contributed by atoms with Crippen molar-refractivity contribution in [2.75, 3.05) is 13.1 Å². The molecule has 126 valence electrons. The maximum atomic E-state index is 13.9. The molecule has 1 aromatic carbocycles. The highest BCUT2D eigenvalue weighted by molar-refractivity contribution is 5.80. The van der Waals surface area contributed by atoms with E-state index in [2.05, 4.69) is 18.7 Å². The molecule has 0 saturated carbocycles.